The zero-order valence-corrected chi connectivity index (χ0v) is 9.50. The lowest BCUT2D eigenvalue weighted by atomic mass is 10.2. The van der Waals surface area contributed by atoms with Crippen LogP contribution in [0.2, 0.25) is 5.02 Å². The fourth-order valence-electron chi connectivity index (χ4n) is 1.34. The molecule has 1 aromatic carbocycles. The highest BCUT2D eigenvalue weighted by atomic mass is 35.5. The third-order valence-corrected chi connectivity index (χ3v) is 2.43. The average Bonchev–Trinajstić information content (AvgIpc) is 2.81. The van der Waals surface area contributed by atoms with Gasteiger partial charge in [-0.1, -0.05) is 17.7 Å². The number of carbonyl (C=O) groups excluding carboxylic acids is 1. The average molecular weight is 254 g/mol. The number of benzene rings is 1. The SMILES string of the molecule is O=C(NCc1ccc(Cl)cc1F)c1ccco1. The number of carbonyl (C=O) groups is 1. The van der Waals surface area contributed by atoms with Crippen molar-refractivity contribution in [3.63, 3.8) is 0 Å². The van der Waals surface area contributed by atoms with Crippen LogP contribution in [0.15, 0.2) is 41.0 Å². The number of hydrogen-bond donors (Lipinski definition) is 1. The molecule has 3 nitrogen and oxygen atoms in total. The molecule has 17 heavy (non-hydrogen) atoms. The Morgan fingerprint density at radius 2 is 2.24 bits per heavy atom. The maximum absolute atomic E-state index is 13.4. The van der Waals surface area contributed by atoms with E-state index in [-0.39, 0.29) is 18.2 Å². The third kappa shape index (κ3) is 2.85. The first-order valence-electron chi connectivity index (χ1n) is 4.92. The quantitative estimate of drug-likeness (QED) is 0.914. The number of nitrogens with one attached hydrogen (secondary N) is 1. The molecule has 0 radical (unpaired) electrons. The smallest absolute Gasteiger partial charge is 0.287 e. The predicted octanol–water partition coefficient (Wildman–Crippen LogP) is 3.00. The van der Waals surface area contributed by atoms with Crippen LogP contribution in [0, 0.1) is 5.82 Å². The van der Waals surface area contributed by atoms with Crippen LogP contribution in [-0.4, -0.2) is 5.91 Å². The summed E-state index contributed by atoms with van der Waals surface area (Å²) in [6, 6.07) is 7.44. The van der Waals surface area contributed by atoms with Crippen LogP contribution >= 0.6 is 11.6 Å². The second-order valence-electron chi connectivity index (χ2n) is 3.40. The summed E-state index contributed by atoms with van der Waals surface area (Å²) in [6.07, 6.45) is 1.40. The Bertz CT molecular complexity index is 525. The van der Waals surface area contributed by atoms with E-state index < -0.39 is 5.82 Å². The van der Waals surface area contributed by atoms with Gasteiger partial charge in [-0.3, -0.25) is 4.79 Å². The Morgan fingerprint density at radius 3 is 2.88 bits per heavy atom. The molecule has 2 aromatic rings. The highest BCUT2D eigenvalue weighted by molar-refractivity contribution is 6.30. The predicted molar refractivity (Wildman–Crippen MR) is 61.3 cm³/mol. The number of hydrogen-bond acceptors (Lipinski definition) is 2. The second-order valence-corrected chi connectivity index (χ2v) is 3.83. The summed E-state index contributed by atoms with van der Waals surface area (Å²) in [6.45, 7) is 0.0858. The van der Waals surface area contributed by atoms with Crippen molar-refractivity contribution in [2.45, 2.75) is 6.54 Å². The van der Waals surface area contributed by atoms with Gasteiger partial charge in [0.2, 0.25) is 0 Å². The molecule has 0 unspecified atom stereocenters. The zero-order valence-electron chi connectivity index (χ0n) is 8.74. The van der Waals surface area contributed by atoms with Crippen LogP contribution in [0.1, 0.15) is 16.1 Å². The van der Waals surface area contributed by atoms with Gasteiger partial charge >= 0.3 is 0 Å². The Labute approximate surface area is 102 Å². The second kappa shape index (κ2) is 5.01. The molecule has 1 heterocycles. The monoisotopic (exact) mass is 253 g/mol. The van der Waals surface area contributed by atoms with Gasteiger partial charge in [0, 0.05) is 17.1 Å². The van der Waals surface area contributed by atoms with Crippen LogP contribution in [0.4, 0.5) is 4.39 Å². The first kappa shape index (κ1) is 11.7. The maximum atomic E-state index is 13.4. The van der Waals surface area contributed by atoms with Crippen LogP contribution in [0.3, 0.4) is 0 Å². The van der Waals surface area contributed by atoms with Gasteiger partial charge in [0.25, 0.3) is 5.91 Å². The molecule has 0 spiro atoms. The van der Waals surface area contributed by atoms with Crippen LogP contribution in [-0.2, 0) is 6.54 Å². The summed E-state index contributed by atoms with van der Waals surface area (Å²) < 4.78 is 18.3. The lowest BCUT2D eigenvalue weighted by molar-refractivity contribution is 0.0923. The molecule has 0 atom stereocenters. The third-order valence-electron chi connectivity index (χ3n) is 2.20. The fraction of sp³-hybridized carbons (Fsp3) is 0.0833. The Hall–Kier alpha value is -1.81. The van der Waals surface area contributed by atoms with E-state index in [0.717, 1.165) is 0 Å². The number of rotatable bonds is 3. The molecule has 5 heteroatoms. The molecule has 0 fully saturated rings. The van der Waals surface area contributed by atoms with E-state index in [1.54, 1.807) is 12.1 Å². The lowest BCUT2D eigenvalue weighted by Crippen LogP contribution is -2.22. The van der Waals surface area contributed by atoms with Gasteiger partial charge in [0.05, 0.1) is 6.26 Å². The highest BCUT2D eigenvalue weighted by Gasteiger charge is 2.09. The molecule has 88 valence electrons. The molecule has 0 bridgehead atoms. The molecular formula is C12H9ClFNO2. The minimum Gasteiger partial charge on any atom is -0.459 e. The van der Waals surface area contributed by atoms with Crippen LogP contribution < -0.4 is 5.32 Å². The van der Waals surface area contributed by atoms with E-state index in [0.29, 0.717) is 10.6 Å². The van der Waals surface area contributed by atoms with E-state index in [1.807, 2.05) is 0 Å². The maximum Gasteiger partial charge on any atom is 0.287 e. The van der Waals surface area contributed by atoms with Gasteiger partial charge in [0.15, 0.2) is 5.76 Å². The molecule has 2 rings (SSSR count). The first-order chi connectivity index (χ1) is 8.16. The molecule has 0 aliphatic heterocycles. The minimum absolute atomic E-state index is 0.0858. The first-order valence-corrected chi connectivity index (χ1v) is 5.30. The molecule has 0 aliphatic carbocycles. The highest BCUT2D eigenvalue weighted by Crippen LogP contribution is 2.14. The largest absolute Gasteiger partial charge is 0.459 e. The summed E-state index contributed by atoms with van der Waals surface area (Å²) in [4.78, 5) is 11.5. The normalized spacial score (nSPS) is 10.2. The minimum atomic E-state index is -0.447. The van der Waals surface area contributed by atoms with Crippen molar-refractivity contribution in [1.82, 2.24) is 5.32 Å². The Balaban J connectivity index is 2.01. The number of furan rings is 1. The van der Waals surface area contributed by atoms with Crippen molar-refractivity contribution in [2.75, 3.05) is 0 Å². The Morgan fingerprint density at radius 1 is 1.41 bits per heavy atom. The molecule has 0 saturated heterocycles. The lowest BCUT2D eigenvalue weighted by Gasteiger charge is -2.05. The van der Waals surface area contributed by atoms with E-state index >= 15 is 0 Å². The van der Waals surface area contributed by atoms with E-state index in [1.165, 1.54) is 24.5 Å². The van der Waals surface area contributed by atoms with Crippen molar-refractivity contribution in [1.29, 1.82) is 0 Å². The summed E-state index contributed by atoms with van der Waals surface area (Å²) in [7, 11) is 0. The van der Waals surface area contributed by atoms with Crippen molar-refractivity contribution < 1.29 is 13.6 Å². The Kier molecular flexibility index (Phi) is 3.44. The number of amides is 1. The van der Waals surface area contributed by atoms with Gasteiger partial charge in [-0.25, -0.2) is 4.39 Å². The molecule has 1 amide bonds. The van der Waals surface area contributed by atoms with Gasteiger partial charge < -0.3 is 9.73 Å². The summed E-state index contributed by atoms with van der Waals surface area (Å²) >= 11 is 5.62. The van der Waals surface area contributed by atoms with Gasteiger partial charge in [0.1, 0.15) is 5.82 Å². The van der Waals surface area contributed by atoms with E-state index in [2.05, 4.69) is 5.32 Å². The summed E-state index contributed by atoms with van der Waals surface area (Å²) in [5, 5.41) is 2.87. The molecule has 0 saturated carbocycles. The standard InChI is InChI=1S/C12H9ClFNO2/c13-9-4-3-8(10(14)6-9)7-15-12(16)11-2-1-5-17-11/h1-6H,7H2,(H,15,16). The van der Waals surface area contributed by atoms with Crippen molar-refractivity contribution in [2.24, 2.45) is 0 Å². The van der Waals surface area contributed by atoms with Crippen molar-refractivity contribution >= 4 is 17.5 Å². The van der Waals surface area contributed by atoms with Crippen LogP contribution in [0.5, 0.6) is 0 Å². The van der Waals surface area contributed by atoms with E-state index in [9.17, 15) is 9.18 Å². The zero-order chi connectivity index (χ0) is 12.3. The molecular weight excluding hydrogens is 245 g/mol. The van der Waals surface area contributed by atoms with E-state index in [4.69, 9.17) is 16.0 Å². The van der Waals surface area contributed by atoms with Gasteiger partial charge in [-0.05, 0) is 24.3 Å². The number of halogens is 2. The molecule has 1 N–H and O–H groups in total. The van der Waals surface area contributed by atoms with Gasteiger partial charge in [-0.15, -0.1) is 0 Å². The van der Waals surface area contributed by atoms with Crippen molar-refractivity contribution in [3.05, 3.63) is 58.8 Å². The summed E-state index contributed by atoms with van der Waals surface area (Å²) in [5.41, 5.74) is 0.370. The molecule has 0 aliphatic rings. The van der Waals surface area contributed by atoms with Crippen LogP contribution in [0.25, 0.3) is 0 Å². The molecule has 1 aromatic heterocycles. The summed E-state index contributed by atoms with van der Waals surface area (Å²) in [5.74, 6) is -0.638. The van der Waals surface area contributed by atoms with Crippen molar-refractivity contribution in [3.8, 4) is 0 Å². The fourth-order valence-corrected chi connectivity index (χ4v) is 1.49. The topological polar surface area (TPSA) is 42.2 Å². The van der Waals surface area contributed by atoms with Gasteiger partial charge in [-0.2, -0.15) is 0 Å².